The Bertz CT molecular complexity index is 2200. The second-order valence-electron chi connectivity index (χ2n) is 11.5. The largest absolute Gasteiger partial charge is 0.493 e. The highest BCUT2D eigenvalue weighted by Crippen LogP contribution is 2.55. The Hall–Kier alpha value is -5.99. The maximum atomic E-state index is 6.91. The van der Waals surface area contributed by atoms with Crippen molar-refractivity contribution in [1.29, 1.82) is 0 Å². The average Bonchev–Trinajstić information content (AvgIpc) is 3.99. The third-order valence-corrected chi connectivity index (χ3v) is 9.09. The first-order valence-electron chi connectivity index (χ1n) is 15.6. The van der Waals surface area contributed by atoms with E-state index in [4.69, 9.17) is 49.9 Å². The maximum absolute atomic E-state index is 6.91. The predicted molar refractivity (Wildman–Crippen MR) is 191 cm³/mol. The molecule has 8 nitrogen and oxygen atoms in total. The Balaban J connectivity index is 1.49. The summed E-state index contributed by atoms with van der Waals surface area (Å²) in [6, 6.07) is 36.9. The summed E-state index contributed by atoms with van der Waals surface area (Å²) >= 11 is 6.91. The van der Waals surface area contributed by atoms with E-state index in [2.05, 4.69) is 0 Å². The lowest BCUT2D eigenvalue weighted by molar-refractivity contribution is 0.253. The van der Waals surface area contributed by atoms with Crippen molar-refractivity contribution in [1.82, 2.24) is 0 Å². The van der Waals surface area contributed by atoms with E-state index >= 15 is 0 Å². The molecule has 0 saturated heterocycles. The van der Waals surface area contributed by atoms with Gasteiger partial charge in [0.25, 0.3) is 0 Å². The van der Waals surface area contributed by atoms with Crippen LogP contribution in [-0.4, -0.2) is 37.1 Å². The van der Waals surface area contributed by atoms with Crippen molar-refractivity contribution in [2.45, 2.75) is 11.3 Å². The lowest BCUT2D eigenvalue weighted by Crippen LogP contribution is -2.42. The molecular formula is C40H29ClN4O4. The number of benzene rings is 4. The summed E-state index contributed by atoms with van der Waals surface area (Å²) in [5.41, 5.74) is 4.05. The summed E-state index contributed by atoms with van der Waals surface area (Å²) in [5, 5.41) is 0.517. The van der Waals surface area contributed by atoms with Crippen LogP contribution in [0.2, 0.25) is 5.02 Å². The van der Waals surface area contributed by atoms with Crippen molar-refractivity contribution in [3.8, 4) is 11.5 Å². The molecule has 0 N–H and O–H groups in total. The number of furan rings is 2. The van der Waals surface area contributed by atoms with Crippen molar-refractivity contribution in [2.24, 2.45) is 20.0 Å². The van der Waals surface area contributed by atoms with E-state index < -0.39 is 11.3 Å². The zero-order valence-electron chi connectivity index (χ0n) is 26.6. The Labute approximate surface area is 287 Å². The van der Waals surface area contributed by atoms with E-state index in [1.54, 1.807) is 39.3 Å². The van der Waals surface area contributed by atoms with Crippen LogP contribution in [0.25, 0.3) is 0 Å². The van der Waals surface area contributed by atoms with Gasteiger partial charge >= 0.3 is 0 Å². The molecule has 0 amide bonds. The summed E-state index contributed by atoms with van der Waals surface area (Å²) in [6.45, 7) is 0. The number of hydrogen-bond donors (Lipinski definition) is 0. The summed E-state index contributed by atoms with van der Waals surface area (Å²) in [6.07, 6.45) is 6.51. The minimum atomic E-state index is -1.52. The summed E-state index contributed by atoms with van der Waals surface area (Å²) in [7, 11) is 3.20. The van der Waals surface area contributed by atoms with Crippen molar-refractivity contribution < 1.29 is 18.3 Å². The average molecular weight is 665 g/mol. The van der Waals surface area contributed by atoms with Gasteiger partial charge < -0.3 is 18.3 Å². The molecule has 6 aromatic rings. The molecule has 4 heterocycles. The highest BCUT2D eigenvalue weighted by Gasteiger charge is 2.61. The number of nitrogens with zero attached hydrogens (tertiary/aromatic N) is 4. The van der Waals surface area contributed by atoms with Crippen molar-refractivity contribution in [3.05, 3.63) is 179 Å². The molecule has 0 aliphatic carbocycles. The Morgan fingerprint density at radius 3 is 1.49 bits per heavy atom. The van der Waals surface area contributed by atoms with Crippen molar-refractivity contribution in [2.75, 3.05) is 14.2 Å². The number of hydrogen-bond acceptors (Lipinski definition) is 8. The second kappa shape index (κ2) is 12.2. The van der Waals surface area contributed by atoms with Crippen LogP contribution in [0.3, 0.4) is 0 Å². The van der Waals surface area contributed by atoms with E-state index in [1.165, 1.54) is 0 Å². The Morgan fingerprint density at radius 1 is 0.510 bits per heavy atom. The minimum absolute atomic E-state index is 0.517. The molecule has 2 aliphatic rings. The van der Waals surface area contributed by atoms with Crippen LogP contribution in [-0.2, 0) is 11.3 Å². The van der Waals surface area contributed by atoms with Gasteiger partial charge in [-0.2, -0.15) is 0 Å². The Kier molecular flexibility index (Phi) is 7.57. The fourth-order valence-electron chi connectivity index (χ4n) is 6.43. The monoisotopic (exact) mass is 664 g/mol. The molecule has 4 aromatic carbocycles. The van der Waals surface area contributed by atoms with Crippen LogP contribution in [0.15, 0.2) is 169 Å². The third-order valence-electron chi connectivity index (χ3n) is 8.76. The molecule has 8 rings (SSSR count). The fourth-order valence-corrected chi connectivity index (χ4v) is 6.65. The van der Waals surface area contributed by atoms with Gasteiger partial charge in [-0.15, -0.1) is 0 Å². The highest BCUT2D eigenvalue weighted by atomic mass is 35.5. The topological polar surface area (TPSA) is 94.2 Å². The van der Waals surface area contributed by atoms with Crippen molar-refractivity contribution >= 4 is 34.4 Å². The molecule has 1 unspecified atom stereocenters. The first-order chi connectivity index (χ1) is 24.1. The van der Waals surface area contributed by atoms with Crippen LogP contribution in [0.4, 0.5) is 0 Å². The highest BCUT2D eigenvalue weighted by molar-refractivity contribution is 6.57. The van der Waals surface area contributed by atoms with E-state index in [0.717, 1.165) is 16.7 Å². The van der Waals surface area contributed by atoms with E-state index in [1.807, 2.05) is 115 Å². The molecule has 0 saturated carbocycles. The predicted octanol–water partition coefficient (Wildman–Crippen LogP) is 8.53. The zero-order valence-corrected chi connectivity index (χ0v) is 27.3. The zero-order chi connectivity index (χ0) is 33.4. The van der Waals surface area contributed by atoms with E-state index in [9.17, 15) is 0 Å². The first-order valence-corrected chi connectivity index (χ1v) is 16.0. The van der Waals surface area contributed by atoms with E-state index in [-0.39, 0.29) is 0 Å². The molecule has 0 fully saturated rings. The maximum Gasteiger partial charge on any atom is 0.229 e. The molecule has 240 valence electrons. The van der Waals surface area contributed by atoms with Crippen LogP contribution < -0.4 is 9.47 Å². The summed E-state index contributed by atoms with van der Waals surface area (Å²) in [5.74, 6) is 1.13. The van der Waals surface area contributed by atoms with Gasteiger partial charge in [-0.3, -0.25) is 0 Å². The number of ether oxygens (including phenoxy) is 2. The smallest absolute Gasteiger partial charge is 0.229 e. The summed E-state index contributed by atoms with van der Waals surface area (Å²) in [4.78, 5) is 22.2. The van der Waals surface area contributed by atoms with Gasteiger partial charge in [0.15, 0.2) is 11.5 Å². The standard InChI is InChI=1S/C40H29ClN4O4/c1-46-33-18-17-28(23-34(33)47-2)37-38(31-15-9-10-16-32(31)41)45-40(44-37,30-20-22-49-25-30)39(29-19-21-48-24-29)42-35(26-11-5-3-6-12-26)36(43-39)27-13-7-4-8-14-27/h3-25H,1-2H3. The van der Waals surface area contributed by atoms with Crippen molar-refractivity contribution in [3.63, 3.8) is 0 Å². The van der Waals surface area contributed by atoms with Crippen LogP contribution in [0.5, 0.6) is 11.5 Å². The molecule has 49 heavy (non-hydrogen) atoms. The normalized spacial score (nSPS) is 18.0. The van der Waals surface area contributed by atoms with Crippen LogP contribution in [0, 0.1) is 0 Å². The lowest BCUT2D eigenvalue weighted by Gasteiger charge is -2.36. The second-order valence-corrected chi connectivity index (χ2v) is 11.9. The molecule has 0 radical (unpaired) electrons. The molecule has 9 heteroatoms. The SMILES string of the molecule is COc1ccc(C2=NC(c3ccoc3)(C3(c4ccoc4)N=C(c4ccccc4)C(c4ccccc4)=N3)N=C2c2ccccc2Cl)cc1OC. The number of halogens is 1. The number of methoxy groups -OCH3 is 2. The quantitative estimate of drug-likeness (QED) is 0.155. The van der Waals surface area contributed by atoms with Gasteiger partial charge in [0, 0.05) is 33.4 Å². The minimum Gasteiger partial charge on any atom is -0.493 e. The number of rotatable bonds is 9. The molecule has 0 bridgehead atoms. The Morgan fingerprint density at radius 2 is 1.00 bits per heavy atom. The van der Waals surface area contributed by atoms with Crippen LogP contribution >= 0.6 is 11.6 Å². The van der Waals surface area contributed by atoms with Gasteiger partial charge in [0.1, 0.15) is 0 Å². The van der Waals surface area contributed by atoms with Gasteiger partial charge in [-0.05, 0) is 36.4 Å². The van der Waals surface area contributed by atoms with E-state index in [0.29, 0.717) is 56.1 Å². The fraction of sp³-hybridized carbons (Fsp3) is 0.100. The third kappa shape index (κ3) is 4.91. The molecule has 2 aliphatic heterocycles. The molecule has 2 aromatic heterocycles. The van der Waals surface area contributed by atoms with Gasteiger partial charge in [0.05, 0.1) is 67.1 Å². The van der Waals surface area contributed by atoms with Gasteiger partial charge in [-0.25, -0.2) is 20.0 Å². The van der Waals surface area contributed by atoms with Gasteiger partial charge in [0.2, 0.25) is 11.3 Å². The lowest BCUT2D eigenvalue weighted by atomic mass is 9.84. The van der Waals surface area contributed by atoms with Gasteiger partial charge in [-0.1, -0.05) is 90.5 Å². The molecular weight excluding hydrogens is 636 g/mol. The molecule has 0 spiro atoms. The first kappa shape index (κ1) is 30.4. The molecule has 1 atom stereocenters. The summed E-state index contributed by atoms with van der Waals surface area (Å²) < 4.78 is 22.8. The van der Waals surface area contributed by atoms with Crippen LogP contribution in [0.1, 0.15) is 33.4 Å². The number of aliphatic imine (C=N–C) groups is 4.